The number of hydrogen-bond acceptors (Lipinski definition) is 9. The van der Waals surface area contributed by atoms with Crippen LogP contribution < -0.4 is 0 Å². The van der Waals surface area contributed by atoms with Gasteiger partial charge in [0, 0.05) is 12.4 Å². The van der Waals surface area contributed by atoms with Crippen LogP contribution in [0.4, 0.5) is 0 Å². The summed E-state index contributed by atoms with van der Waals surface area (Å²) < 4.78 is 4.36. The SMILES string of the molecule is c1c[nH]cn1.c1nc[nH]n1.c1nnco1.c1nncs1. The normalized spacial score (nSPS) is 8.00. The van der Waals surface area contributed by atoms with Crippen LogP contribution in [0.25, 0.3) is 0 Å². The maximum Gasteiger partial charge on any atom is 0.203 e. The van der Waals surface area contributed by atoms with Crippen molar-refractivity contribution in [2.45, 2.75) is 0 Å². The summed E-state index contributed by atoms with van der Waals surface area (Å²) >= 11 is 1.49. The fourth-order valence-corrected chi connectivity index (χ4v) is 0.926. The molecule has 0 aromatic carbocycles. The van der Waals surface area contributed by atoms with Gasteiger partial charge in [-0.1, -0.05) is 0 Å². The molecule has 4 rings (SSSR count). The fraction of sp³-hybridized carbons (Fsp3) is 0. The van der Waals surface area contributed by atoms with Gasteiger partial charge in [0.05, 0.1) is 6.33 Å². The van der Waals surface area contributed by atoms with Gasteiger partial charge in [-0.3, -0.25) is 5.10 Å². The highest BCUT2D eigenvalue weighted by Gasteiger charge is 1.61. The number of aromatic nitrogens is 9. The minimum Gasteiger partial charge on any atom is -0.431 e. The van der Waals surface area contributed by atoms with E-state index in [0.717, 1.165) is 0 Å². The Labute approximate surface area is 117 Å². The zero-order valence-corrected chi connectivity index (χ0v) is 11.0. The summed E-state index contributed by atoms with van der Waals surface area (Å²) in [6.07, 6.45) is 10.6. The summed E-state index contributed by atoms with van der Waals surface area (Å²) in [7, 11) is 0. The van der Waals surface area contributed by atoms with Crippen LogP contribution in [-0.2, 0) is 0 Å². The standard InChI is InChI=1S/C3H4N2.C2H3N3.C2H2N2O.C2H2N2S/c1-2-5-3-4-1;1-3-2-5-4-1;2*1-3-4-2-5-1/h1-3H,(H,4,5);1-2H,(H,3,4,5);2*1-2H. The molecule has 0 spiro atoms. The molecule has 2 N–H and O–H groups in total. The lowest BCUT2D eigenvalue weighted by molar-refractivity contribution is 0.553. The summed E-state index contributed by atoms with van der Waals surface area (Å²) in [5.41, 5.74) is 3.36. The van der Waals surface area contributed by atoms with E-state index in [-0.39, 0.29) is 0 Å². The van der Waals surface area contributed by atoms with Gasteiger partial charge in [0.25, 0.3) is 0 Å². The molecule has 0 bridgehead atoms. The van der Waals surface area contributed by atoms with Gasteiger partial charge in [0.2, 0.25) is 12.8 Å². The molecule has 4 heterocycles. The summed E-state index contributed by atoms with van der Waals surface area (Å²) in [6, 6.07) is 0. The van der Waals surface area contributed by atoms with Crippen LogP contribution in [0, 0.1) is 0 Å². The molecule has 0 aliphatic heterocycles. The predicted octanol–water partition coefficient (Wildman–Crippen LogP) is 0.822. The molecule has 0 atom stereocenters. The summed E-state index contributed by atoms with van der Waals surface area (Å²) in [4.78, 5) is 9.97. The number of nitrogens with one attached hydrogen (secondary N) is 2. The van der Waals surface area contributed by atoms with Crippen molar-refractivity contribution < 1.29 is 4.42 Å². The molecule has 104 valence electrons. The number of H-pyrrole nitrogens is 2. The molecule has 0 saturated carbocycles. The second-order valence-electron chi connectivity index (χ2n) is 2.57. The minimum atomic E-state index is 1.26. The monoisotopic (exact) mass is 293 g/mol. The Morgan fingerprint density at radius 1 is 0.900 bits per heavy atom. The fourth-order valence-electron chi connectivity index (χ4n) is 0.654. The van der Waals surface area contributed by atoms with Crippen molar-refractivity contribution in [3.8, 4) is 0 Å². The van der Waals surface area contributed by atoms with Crippen LogP contribution in [0.2, 0.25) is 0 Å². The molecule has 0 aliphatic rings. The van der Waals surface area contributed by atoms with Gasteiger partial charge < -0.3 is 9.40 Å². The van der Waals surface area contributed by atoms with Crippen molar-refractivity contribution in [3.63, 3.8) is 0 Å². The highest BCUT2D eigenvalue weighted by molar-refractivity contribution is 7.07. The van der Waals surface area contributed by atoms with E-state index in [2.05, 4.69) is 50.0 Å². The molecule has 4 aromatic heterocycles. The van der Waals surface area contributed by atoms with Gasteiger partial charge in [-0.05, 0) is 0 Å². The van der Waals surface area contributed by atoms with Gasteiger partial charge in [-0.15, -0.1) is 31.7 Å². The molecule has 0 amide bonds. The summed E-state index contributed by atoms with van der Waals surface area (Å²) in [5, 5.41) is 19.6. The lowest BCUT2D eigenvalue weighted by Gasteiger charge is -1.46. The van der Waals surface area contributed by atoms with Gasteiger partial charge in [-0.2, -0.15) is 5.10 Å². The second kappa shape index (κ2) is 12.5. The Morgan fingerprint density at radius 2 is 1.70 bits per heavy atom. The third-order valence-electron chi connectivity index (χ3n) is 1.30. The van der Waals surface area contributed by atoms with Crippen LogP contribution in [0.5, 0.6) is 0 Å². The predicted molar refractivity (Wildman–Crippen MR) is 69.2 cm³/mol. The van der Waals surface area contributed by atoms with E-state index in [1.807, 2.05) is 0 Å². The Balaban J connectivity index is 0.000000133. The topological polar surface area (TPSA) is 135 Å². The average Bonchev–Trinajstić information content (AvgIpc) is 3.40. The minimum absolute atomic E-state index is 1.26. The number of aromatic amines is 2. The van der Waals surface area contributed by atoms with Crippen LogP contribution in [0.1, 0.15) is 0 Å². The number of rotatable bonds is 0. The third-order valence-corrected chi connectivity index (χ3v) is 1.73. The molecular weight excluding hydrogens is 282 g/mol. The van der Waals surface area contributed by atoms with Gasteiger partial charge in [-0.25, -0.2) is 9.97 Å². The molecule has 0 radical (unpaired) electrons. The second-order valence-corrected chi connectivity index (χ2v) is 3.26. The maximum absolute atomic E-state index is 4.36. The molecule has 0 aliphatic carbocycles. The first kappa shape index (κ1) is 15.1. The Morgan fingerprint density at radius 3 is 1.90 bits per heavy atom. The highest BCUT2D eigenvalue weighted by Crippen LogP contribution is 1.80. The van der Waals surface area contributed by atoms with E-state index in [0.29, 0.717) is 0 Å². The van der Waals surface area contributed by atoms with Gasteiger partial charge in [0.1, 0.15) is 23.7 Å². The quantitative estimate of drug-likeness (QED) is 0.486. The Hall–Kier alpha value is -2.95. The zero-order valence-electron chi connectivity index (χ0n) is 10.1. The van der Waals surface area contributed by atoms with Crippen molar-refractivity contribution in [3.05, 3.63) is 55.2 Å². The Bertz CT molecular complexity index is 360. The zero-order chi connectivity index (χ0) is 14.1. The van der Waals surface area contributed by atoms with E-state index < -0.39 is 0 Å². The van der Waals surface area contributed by atoms with Gasteiger partial charge in [0.15, 0.2) is 0 Å². The largest absolute Gasteiger partial charge is 0.431 e. The summed E-state index contributed by atoms with van der Waals surface area (Å²) in [6.45, 7) is 0. The van der Waals surface area contributed by atoms with Gasteiger partial charge >= 0.3 is 0 Å². The van der Waals surface area contributed by atoms with Crippen molar-refractivity contribution in [2.75, 3.05) is 0 Å². The molecule has 10 nitrogen and oxygen atoms in total. The molecule has 0 fully saturated rings. The van der Waals surface area contributed by atoms with E-state index in [1.165, 1.54) is 36.8 Å². The van der Waals surface area contributed by atoms with Crippen LogP contribution in [0.15, 0.2) is 59.6 Å². The van der Waals surface area contributed by atoms with Crippen molar-refractivity contribution >= 4 is 11.3 Å². The molecule has 0 saturated heterocycles. The van der Waals surface area contributed by atoms with Crippen molar-refractivity contribution in [2.24, 2.45) is 0 Å². The van der Waals surface area contributed by atoms with Crippen molar-refractivity contribution in [1.82, 2.24) is 45.5 Å². The van der Waals surface area contributed by atoms with Crippen LogP contribution >= 0.6 is 11.3 Å². The van der Waals surface area contributed by atoms with Crippen molar-refractivity contribution in [1.29, 1.82) is 0 Å². The first-order valence-corrected chi connectivity index (χ1v) is 6.03. The van der Waals surface area contributed by atoms with E-state index in [4.69, 9.17) is 0 Å². The highest BCUT2D eigenvalue weighted by atomic mass is 32.1. The molecule has 20 heavy (non-hydrogen) atoms. The van der Waals surface area contributed by atoms with E-state index in [1.54, 1.807) is 29.7 Å². The number of hydrogen-bond donors (Lipinski definition) is 2. The smallest absolute Gasteiger partial charge is 0.203 e. The first-order valence-electron chi connectivity index (χ1n) is 5.09. The molecule has 4 aromatic rings. The number of nitrogens with zero attached hydrogens (tertiary/aromatic N) is 7. The lowest BCUT2D eigenvalue weighted by atomic mass is 11.0. The van der Waals surface area contributed by atoms with Crippen LogP contribution in [-0.4, -0.2) is 45.5 Å². The molecule has 0 unspecified atom stereocenters. The van der Waals surface area contributed by atoms with E-state index in [9.17, 15) is 0 Å². The maximum atomic E-state index is 4.36. The summed E-state index contributed by atoms with van der Waals surface area (Å²) in [5.74, 6) is 0. The average molecular weight is 293 g/mol. The lowest BCUT2D eigenvalue weighted by Crippen LogP contribution is -1.53. The van der Waals surface area contributed by atoms with E-state index >= 15 is 0 Å². The third kappa shape index (κ3) is 10.2. The number of imidazole rings is 1. The first-order chi connectivity index (χ1) is 10.0. The molecule has 11 heteroatoms. The van der Waals surface area contributed by atoms with Crippen LogP contribution in [0.3, 0.4) is 0 Å². The molecular formula is C9H11N9OS. The Kier molecular flexibility index (Phi) is 9.45.